The van der Waals surface area contributed by atoms with E-state index in [4.69, 9.17) is 15.5 Å². The quantitative estimate of drug-likeness (QED) is 0.326. The van der Waals surface area contributed by atoms with Crippen LogP contribution in [0.4, 0.5) is 16.4 Å². The van der Waals surface area contributed by atoms with E-state index in [1.807, 2.05) is 46.7 Å². The average Bonchev–Trinajstić information content (AvgIpc) is 3.70. The number of imidazole rings is 1. The third kappa shape index (κ3) is 5.31. The van der Waals surface area contributed by atoms with Crippen molar-refractivity contribution >= 4 is 35.1 Å². The first-order valence-electron chi connectivity index (χ1n) is 15.1. The Labute approximate surface area is 254 Å². The predicted molar refractivity (Wildman–Crippen MR) is 163 cm³/mol. The van der Waals surface area contributed by atoms with Crippen molar-refractivity contribution < 1.29 is 19.1 Å². The Morgan fingerprint density at radius 3 is 2.59 bits per heavy atom. The minimum absolute atomic E-state index is 0.00227. The number of aromatic nitrogens is 4. The van der Waals surface area contributed by atoms with Gasteiger partial charge in [0.05, 0.1) is 6.54 Å². The fraction of sp³-hybridized carbons (Fsp3) is 0.375. The molecule has 3 N–H and O–H groups in total. The summed E-state index contributed by atoms with van der Waals surface area (Å²) in [6.07, 6.45) is 8.76. The Morgan fingerprint density at radius 2 is 1.84 bits per heavy atom. The van der Waals surface area contributed by atoms with Crippen LogP contribution in [0.1, 0.15) is 66.2 Å². The molecule has 226 valence electrons. The maximum atomic E-state index is 13.3. The summed E-state index contributed by atoms with van der Waals surface area (Å²) in [5.41, 5.74) is 10.2. The van der Waals surface area contributed by atoms with Crippen molar-refractivity contribution in [1.29, 1.82) is 0 Å². The lowest BCUT2D eigenvalue weighted by atomic mass is 9.92. The maximum Gasteiger partial charge on any atom is 0.410 e. The Hall–Kier alpha value is -5.00. The summed E-state index contributed by atoms with van der Waals surface area (Å²) >= 11 is 0. The van der Waals surface area contributed by atoms with Crippen LogP contribution >= 0.6 is 0 Å². The summed E-state index contributed by atoms with van der Waals surface area (Å²) in [5.74, 6) is 1.85. The van der Waals surface area contributed by atoms with E-state index in [0.717, 1.165) is 24.2 Å². The molecule has 0 bridgehead atoms. The number of benzene rings is 1. The number of rotatable bonds is 7. The molecule has 12 nitrogen and oxygen atoms in total. The van der Waals surface area contributed by atoms with Crippen LogP contribution in [-0.2, 0) is 9.53 Å². The lowest BCUT2D eigenvalue weighted by Crippen LogP contribution is -2.49. The summed E-state index contributed by atoms with van der Waals surface area (Å²) < 4.78 is 6.95. The van der Waals surface area contributed by atoms with Gasteiger partial charge in [0.1, 0.15) is 41.8 Å². The van der Waals surface area contributed by atoms with Gasteiger partial charge in [-0.3, -0.25) is 18.9 Å². The van der Waals surface area contributed by atoms with Gasteiger partial charge in [-0.25, -0.2) is 19.7 Å². The fourth-order valence-electron chi connectivity index (χ4n) is 6.22. The molecular weight excluding hydrogens is 560 g/mol. The summed E-state index contributed by atoms with van der Waals surface area (Å²) in [7, 11) is 0. The smallest absolute Gasteiger partial charge is 0.410 e. The second-order valence-corrected chi connectivity index (χ2v) is 11.8. The van der Waals surface area contributed by atoms with Gasteiger partial charge in [-0.2, -0.15) is 0 Å². The SMILES string of the molecule is CC1CCC(c2nc(-c3ccc(C(=O)Nc4cc(C5CC5)ccn4)cc3)c3c(N)nccn23)CN1C(=O)CN1CCOC1=O. The van der Waals surface area contributed by atoms with Crippen LogP contribution in [-0.4, -0.2) is 79.3 Å². The average molecular weight is 595 g/mol. The predicted octanol–water partition coefficient (Wildman–Crippen LogP) is 4.05. The Morgan fingerprint density at radius 1 is 1.05 bits per heavy atom. The highest BCUT2D eigenvalue weighted by atomic mass is 16.6. The van der Waals surface area contributed by atoms with Crippen LogP contribution in [0, 0.1) is 0 Å². The number of piperidine rings is 1. The van der Waals surface area contributed by atoms with Gasteiger partial charge in [0, 0.05) is 48.2 Å². The second kappa shape index (κ2) is 11.3. The van der Waals surface area contributed by atoms with E-state index in [1.165, 1.54) is 23.3 Å². The van der Waals surface area contributed by atoms with Crippen LogP contribution in [0.2, 0.25) is 0 Å². The molecule has 1 aromatic carbocycles. The number of amides is 3. The van der Waals surface area contributed by atoms with Crippen molar-refractivity contribution in [3.63, 3.8) is 0 Å². The van der Waals surface area contributed by atoms with Crippen LogP contribution < -0.4 is 11.1 Å². The summed E-state index contributed by atoms with van der Waals surface area (Å²) in [6, 6.07) is 11.2. The monoisotopic (exact) mass is 594 g/mol. The molecule has 7 rings (SSSR count). The highest BCUT2D eigenvalue weighted by molar-refractivity contribution is 6.04. The molecule has 2 saturated heterocycles. The molecule has 1 aliphatic carbocycles. The van der Waals surface area contributed by atoms with Crippen molar-refractivity contribution in [2.45, 2.75) is 50.5 Å². The molecular formula is C32H34N8O4. The van der Waals surface area contributed by atoms with Gasteiger partial charge in [0.2, 0.25) is 5.91 Å². The van der Waals surface area contributed by atoms with E-state index in [9.17, 15) is 14.4 Å². The van der Waals surface area contributed by atoms with Crippen molar-refractivity contribution in [2.75, 3.05) is 37.3 Å². The van der Waals surface area contributed by atoms with Crippen molar-refractivity contribution in [3.05, 3.63) is 71.9 Å². The number of anilines is 2. The molecule has 2 atom stereocenters. The molecule has 0 spiro atoms. The van der Waals surface area contributed by atoms with Gasteiger partial charge >= 0.3 is 6.09 Å². The Bertz CT molecular complexity index is 1750. The van der Waals surface area contributed by atoms with E-state index >= 15 is 0 Å². The zero-order chi connectivity index (χ0) is 30.4. The molecule has 3 aromatic heterocycles. The van der Waals surface area contributed by atoms with Gasteiger partial charge in [-0.15, -0.1) is 0 Å². The number of nitrogen functional groups attached to an aromatic ring is 1. The van der Waals surface area contributed by atoms with Crippen LogP contribution in [0.3, 0.4) is 0 Å². The standard InChI is InChI=1S/C32H34N8O4/c1-19-2-3-24(17-40(19)26(41)18-38-14-15-44-32(38)43)30-37-27(28-29(33)35-12-13-39(28)30)21-6-8-22(9-7-21)31(42)36-25-16-23(10-11-34-25)20-4-5-20/h6-13,16,19-20,24H,2-5,14-15,17-18H2,1H3,(H2,33,35)(H,34,36,42). The first kappa shape index (κ1) is 27.8. The third-order valence-electron chi connectivity index (χ3n) is 8.84. The first-order valence-corrected chi connectivity index (χ1v) is 15.1. The lowest BCUT2D eigenvalue weighted by Gasteiger charge is -2.38. The minimum atomic E-state index is -0.450. The molecule has 5 heterocycles. The number of nitrogens with two attached hydrogens (primary N) is 1. The number of nitrogens with zero attached hydrogens (tertiary/aromatic N) is 6. The van der Waals surface area contributed by atoms with Gasteiger partial charge < -0.3 is 20.7 Å². The zero-order valence-electron chi connectivity index (χ0n) is 24.5. The number of cyclic esters (lactones) is 1. The molecule has 0 radical (unpaired) electrons. The zero-order valence-corrected chi connectivity index (χ0v) is 24.5. The number of hydrogen-bond acceptors (Lipinski definition) is 8. The van der Waals surface area contributed by atoms with Gasteiger partial charge in [-0.05, 0) is 68.4 Å². The van der Waals surface area contributed by atoms with Crippen LogP contribution in [0.5, 0.6) is 0 Å². The van der Waals surface area contributed by atoms with Gasteiger partial charge in [0.15, 0.2) is 0 Å². The number of carbonyl (C=O) groups excluding carboxylic acids is 3. The van der Waals surface area contributed by atoms with E-state index in [-0.39, 0.29) is 30.3 Å². The molecule has 3 amide bonds. The number of pyridine rings is 1. The van der Waals surface area contributed by atoms with Crippen LogP contribution in [0.15, 0.2) is 55.0 Å². The van der Waals surface area contributed by atoms with E-state index in [2.05, 4.69) is 15.3 Å². The van der Waals surface area contributed by atoms with Crippen molar-refractivity contribution in [3.8, 4) is 11.3 Å². The maximum absolute atomic E-state index is 13.3. The van der Waals surface area contributed by atoms with Gasteiger partial charge in [-0.1, -0.05) is 12.1 Å². The molecule has 4 aromatic rings. The summed E-state index contributed by atoms with van der Waals surface area (Å²) in [6.45, 7) is 3.23. The number of nitrogens with one attached hydrogen (secondary N) is 1. The highest BCUT2D eigenvalue weighted by Crippen LogP contribution is 2.40. The number of ether oxygens (including phenoxy) is 1. The van der Waals surface area contributed by atoms with E-state index in [0.29, 0.717) is 54.0 Å². The summed E-state index contributed by atoms with van der Waals surface area (Å²) in [5, 5.41) is 2.91. The molecule has 3 fully saturated rings. The number of hydrogen-bond donors (Lipinski definition) is 2. The molecule has 3 aliphatic rings. The second-order valence-electron chi connectivity index (χ2n) is 11.8. The topological polar surface area (TPSA) is 148 Å². The number of fused-ring (bicyclic) bond motifs is 1. The van der Waals surface area contributed by atoms with Crippen LogP contribution in [0.25, 0.3) is 16.8 Å². The minimum Gasteiger partial charge on any atom is -0.448 e. The Balaban J connectivity index is 1.13. The van der Waals surface area contributed by atoms with E-state index in [1.54, 1.807) is 24.5 Å². The third-order valence-corrected chi connectivity index (χ3v) is 8.84. The van der Waals surface area contributed by atoms with Crippen molar-refractivity contribution in [2.24, 2.45) is 0 Å². The van der Waals surface area contributed by atoms with Crippen molar-refractivity contribution in [1.82, 2.24) is 29.2 Å². The lowest BCUT2D eigenvalue weighted by molar-refractivity contribution is -0.135. The normalized spacial score (nSPS) is 20.2. The largest absolute Gasteiger partial charge is 0.448 e. The number of carbonyl (C=O) groups is 3. The van der Waals surface area contributed by atoms with Gasteiger partial charge in [0.25, 0.3) is 5.91 Å². The first-order chi connectivity index (χ1) is 21.4. The van der Waals surface area contributed by atoms with E-state index < -0.39 is 6.09 Å². The highest BCUT2D eigenvalue weighted by Gasteiger charge is 2.35. The Kier molecular flexibility index (Phi) is 7.11. The molecule has 2 aliphatic heterocycles. The molecule has 12 heteroatoms. The molecule has 1 saturated carbocycles. The summed E-state index contributed by atoms with van der Waals surface area (Å²) in [4.78, 5) is 55.2. The molecule has 44 heavy (non-hydrogen) atoms. The fourth-order valence-corrected chi connectivity index (χ4v) is 6.22. The number of likely N-dealkylation sites (tertiary alicyclic amines) is 1. The molecule has 2 unspecified atom stereocenters.